The molecule has 1 aliphatic rings. The molecule has 1 aromatic carbocycles. The van der Waals surface area contributed by atoms with Crippen LogP contribution in [0.3, 0.4) is 0 Å². The van der Waals surface area contributed by atoms with Crippen LogP contribution in [0.4, 0.5) is 0 Å². The van der Waals surface area contributed by atoms with Crippen LogP contribution in [-0.4, -0.2) is 28.9 Å². The molecule has 2 rings (SSSR count). The Morgan fingerprint density at radius 2 is 2.16 bits per heavy atom. The molecule has 0 saturated heterocycles. The molecule has 1 aliphatic carbocycles. The van der Waals surface area contributed by atoms with E-state index in [4.69, 9.17) is 28.3 Å². The fraction of sp³-hybridized carbons (Fsp3) is 0.462. The molecule has 0 heterocycles. The van der Waals surface area contributed by atoms with E-state index in [9.17, 15) is 4.79 Å². The van der Waals surface area contributed by atoms with Crippen LogP contribution < -0.4 is 5.32 Å². The van der Waals surface area contributed by atoms with Crippen LogP contribution in [0.1, 0.15) is 19.3 Å². The normalized spacial score (nSPS) is 16.3. The maximum Gasteiger partial charge on any atom is 0.320 e. The summed E-state index contributed by atoms with van der Waals surface area (Å²) >= 11 is 13.4. The van der Waals surface area contributed by atoms with Crippen molar-refractivity contribution in [1.82, 2.24) is 5.32 Å². The number of rotatable bonds is 7. The maximum atomic E-state index is 11.1. The predicted molar refractivity (Wildman–Crippen MR) is 79.4 cm³/mol. The highest BCUT2D eigenvalue weighted by Crippen LogP contribution is 2.28. The Hall–Kier alpha value is -0.420. The van der Waals surface area contributed by atoms with Gasteiger partial charge in [0.15, 0.2) is 0 Å². The second kappa shape index (κ2) is 6.84. The third kappa shape index (κ3) is 4.88. The van der Waals surface area contributed by atoms with Crippen LogP contribution in [0.25, 0.3) is 0 Å². The molecule has 2 N–H and O–H groups in total. The van der Waals surface area contributed by atoms with Crippen molar-refractivity contribution in [3.8, 4) is 0 Å². The highest BCUT2D eigenvalue weighted by molar-refractivity contribution is 7.99. The van der Waals surface area contributed by atoms with E-state index in [1.165, 1.54) is 0 Å². The Balaban J connectivity index is 1.80. The Morgan fingerprint density at radius 1 is 1.42 bits per heavy atom. The number of nitrogens with one attached hydrogen (secondary N) is 1. The zero-order valence-corrected chi connectivity index (χ0v) is 12.6. The lowest BCUT2D eigenvalue weighted by molar-refractivity contribution is -0.139. The SMILES string of the molecule is O=C(O)C(CCSc1ccc(Cl)c(Cl)c1)NC1CC1. The summed E-state index contributed by atoms with van der Waals surface area (Å²) in [5, 5.41) is 13.3. The molecule has 3 nitrogen and oxygen atoms in total. The molecule has 1 fully saturated rings. The number of aliphatic carboxylic acids is 1. The van der Waals surface area contributed by atoms with Gasteiger partial charge in [0, 0.05) is 16.7 Å². The first-order valence-electron chi connectivity index (χ1n) is 6.13. The van der Waals surface area contributed by atoms with Gasteiger partial charge in [-0.05, 0) is 37.5 Å². The Kier molecular flexibility index (Phi) is 5.39. The summed E-state index contributed by atoms with van der Waals surface area (Å²) in [6.45, 7) is 0. The van der Waals surface area contributed by atoms with Gasteiger partial charge in [-0.2, -0.15) is 0 Å². The summed E-state index contributed by atoms with van der Waals surface area (Å²) < 4.78 is 0. The van der Waals surface area contributed by atoms with E-state index in [2.05, 4.69) is 5.32 Å². The highest BCUT2D eigenvalue weighted by atomic mass is 35.5. The van der Waals surface area contributed by atoms with Crippen molar-refractivity contribution in [2.75, 3.05) is 5.75 Å². The molecule has 1 unspecified atom stereocenters. The first-order chi connectivity index (χ1) is 9.06. The van der Waals surface area contributed by atoms with Crippen LogP contribution in [0.5, 0.6) is 0 Å². The zero-order chi connectivity index (χ0) is 13.8. The van der Waals surface area contributed by atoms with Gasteiger partial charge in [0.05, 0.1) is 10.0 Å². The summed E-state index contributed by atoms with van der Waals surface area (Å²) in [7, 11) is 0. The quantitative estimate of drug-likeness (QED) is 0.753. The van der Waals surface area contributed by atoms with Crippen molar-refractivity contribution in [3.05, 3.63) is 28.2 Å². The molecule has 19 heavy (non-hydrogen) atoms. The number of carboxylic acids is 1. The van der Waals surface area contributed by atoms with Crippen LogP contribution in [0.2, 0.25) is 10.0 Å². The lowest BCUT2D eigenvalue weighted by Crippen LogP contribution is -2.38. The minimum Gasteiger partial charge on any atom is -0.480 e. The molecular formula is C13H15Cl2NO2S. The first kappa shape index (κ1) is 15.0. The summed E-state index contributed by atoms with van der Waals surface area (Å²) in [6, 6.07) is 5.39. The van der Waals surface area contributed by atoms with Crippen LogP contribution >= 0.6 is 35.0 Å². The van der Waals surface area contributed by atoms with Gasteiger partial charge >= 0.3 is 5.97 Å². The van der Waals surface area contributed by atoms with Crippen molar-refractivity contribution < 1.29 is 9.90 Å². The molecule has 0 radical (unpaired) electrons. The predicted octanol–water partition coefficient (Wildman–Crippen LogP) is 3.68. The van der Waals surface area contributed by atoms with Crippen molar-refractivity contribution in [1.29, 1.82) is 0 Å². The highest BCUT2D eigenvalue weighted by Gasteiger charge is 2.27. The second-order valence-corrected chi connectivity index (χ2v) is 6.53. The molecule has 6 heteroatoms. The maximum absolute atomic E-state index is 11.1. The van der Waals surface area contributed by atoms with Crippen LogP contribution in [-0.2, 0) is 4.79 Å². The average molecular weight is 320 g/mol. The molecule has 104 valence electrons. The number of halogens is 2. The van der Waals surface area contributed by atoms with Gasteiger partial charge < -0.3 is 10.4 Å². The van der Waals surface area contributed by atoms with Gasteiger partial charge in [-0.25, -0.2) is 0 Å². The first-order valence-corrected chi connectivity index (χ1v) is 7.87. The van der Waals surface area contributed by atoms with E-state index in [0.717, 1.165) is 23.5 Å². The van der Waals surface area contributed by atoms with Crippen molar-refractivity contribution in [2.24, 2.45) is 0 Å². The largest absolute Gasteiger partial charge is 0.480 e. The molecule has 0 amide bonds. The summed E-state index contributed by atoms with van der Waals surface area (Å²) in [6.07, 6.45) is 2.77. The minimum absolute atomic E-state index is 0.399. The monoisotopic (exact) mass is 319 g/mol. The molecule has 1 atom stereocenters. The fourth-order valence-corrected chi connectivity index (χ4v) is 2.99. The number of carboxylic acid groups (broad SMARTS) is 1. The van der Waals surface area contributed by atoms with Crippen LogP contribution in [0.15, 0.2) is 23.1 Å². The third-order valence-electron chi connectivity index (χ3n) is 2.88. The van der Waals surface area contributed by atoms with E-state index in [0.29, 0.717) is 22.5 Å². The molecule has 0 spiro atoms. The Labute approximate surface area is 126 Å². The van der Waals surface area contributed by atoms with Crippen molar-refractivity contribution in [3.63, 3.8) is 0 Å². The number of benzene rings is 1. The molecule has 0 aliphatic heterocycles. The second-order valence-electron chi connectivity index (χ2n) is 4.54. The molecule has 1 aromatic rings. The molecular weight excluding hydrogens is 305 g/mol. The Morgan fingerprint density at radius 3 is 2.74 bits per heavy atom. The summed E-state index contributed by atoms with van der Waals surface area (Å²) in [5.41, 5.74) is 0. The van der Waals surface area contributed by atoms with E-state index in [1.54, 1.807) is 23.9 Å². The van der Waals surface area contributed by atoms with Gasteiger partial charge in [0.2, 0.25) is 0 Å². The molecule has 0 aromatic heterocycles. The van der Waals surface area contributed by atoms with Crippen molar-refractivity contribution >= 4 is 40.9 Å². The zero-order valence-electron chi connectivity index (χ0n) is 10.2. The number of hydrogen-bond acceptors (Lipinski definition) is 3. The van der Waals surface area contributed by atoms with Gasteiger partial charge in [0.1, 0.15) is 6.04 Å². The summed E-state index contributed by atoms with van der Waals surface area (Å²) in [4.78, 5) is 12.1. The van der Waals surface area contributed by atoms with Crippen LogP contribution in [0, 0.1) is 0 Å². The Bertz CT molecular complexity index is 466. The van der Waals surface area contributed by atoms with Gasteiger partial charge in [-0.3, -0.25) is 4.79 Å². The van der Waals surface area contributed by atoms with E-state index < -0.39 is 12.0 Å². The van der Waals surface area contributed by atoms with Crippen molar-refractivity contribution in [2.45, 2.75) is 36.2 Å². The lowest BCUT2D eigenvalue weighted by Gasteiger charge is -2.13. The molecule has 0 bridgehead atoms. The standard InChI is InChI=1S/C13H15Cl2NO2S/c14-10-4-3-9(7-11(10)15)19-6-5-12(13(17)18)16-8-1-2-8/h3-4,7-8,12,16H,1-2,5-6H2,(H,17,18). The third-order valence-corrected chi connectivity index (χ3v) is 4.64. The number of hydrogen-bond donors (Lipinski definition) is 2. The van der Waals surface area contributed by atoms with Gasteiger partial charge in [-0.1, -0.05) is 23.2 Å². The fourth-order valence-electron chi connectivity index (χ4n) is 1.67. The minimum atomic E-state index is -0.776. The number of carbonyl (C=O) groups is 1. The topological polar surface area (TPSA) is 49.3 Å². The average Bonchev–Trinajstić information content (AvgIpc) is 3.16. The van der Waals surface area contributed by atoms with Gasteiger partial charge in [-0.15, -0.1) is 11.8 Å². The smallest absolute Gasteiger partial charge is 0.320 e. The summed E-state index contributed by atoms with van der Waals surface area (Å²) in [5.74, 6) is -0.0455. The molecule has 1 saturated carbocycles. The number of thioether (sulfide) groups is 1. The van der Waals surface area contributed by atoms with E-state index in [1.807, 2.05) is 6.07 Å². The van der Waals surface area contributed by atoms with E-state index >= 15 is 0 Å². The van der Waals surface area contributed by atoms with E-state index in [-0.39, 0.29) is 0 Å². The lowest BCUT2D eigenvalue weighted by atomic mass is 10.2. The van der Waals surface area contributed by atoms with Gasteiger partial charge in [0.25, 0.3) is 0 Å².